The lowest BCUT2D eigenvalue weighted by Gasteiger charge is -2.33. The Bertz CT molecular complexity index is 887. The molecule has 126 valence electrons. The molecule has 4 nitrogen and oxygen atoms in total. The van der Waals surface area contributed by atoms with E-state index in [-0.39, 0.29) is 18.6 Å². The van der Waals surface area contributed by atoms with E-state index in [1.165, 1.54) is 0 Å². The molecule has 24 heavy (non-hydrogen) atoms. The Balaban J connectivity index is 1.84. The second-order valence-corrected chi connectivity index (χ2v) is 7.48. The van der Waals surface area contributed by atoms with E-state index in [0.717, 1.165) is 35.6 Å². The summed E-state index contributed by atoms with van der Waals surface area (Å²) in [5.74, 6) is 1.01. The molecule has 0 fully saturated rings. The number of imidazole rings is 1. The zero-order chi connectivity index (χ0) is 17.0. The molecular formula is C17H16Cl3N3O. The third kappa shape index (κ3) is 2.36. The van der Waals surface area contributed by atoms with Crippen LogP contribution in [0.3, 0.4) is 0 Å². The van der Waals surface area contributed by atoms with E-state index < -0.39 is 0 Å². The minimum atomic E-state index is -0.0440. The molecule has 2 aliphatic rings. The van der Waals surface area contributed by atoms with Gasteiger partial charge in [-0.3, -0.25) is 0 Å². The van der Waals surface area contributed by atoms with Crippen molar-refractivity contribution in [3.8, 4) is 0 Å². The van der Waals surface area contributed by atoms with Crippen LogP contribution < -0.4 is 4.90 Å². The highest BCUT2D eigenvalue weighted by Crippen LogP contribution is 2.39. The van der Waals surface area contributed by atoms with Crippen LogP contribution in [-0.4, -0.2) is 27.2 Å². The van der Waals surface area contributed by atoms with Crippen LogP contribution in [0.5, 0.6) is 0 Å². The molecule has 0 spiro atoms. The SMILES string of the molecule is CC1C=C(Cl)C=C(Cl)C1N1CCn2c1nc1c(Cl)ccc(CO)c12. The molecule has 2 atom stereocenters. The van der Waals surface area contributed by atoms with Crippen molar-refractivity contribution in [2.75, 3.05) is 11.4 Å². The maximum atomic E-state index is 9.65. The van der Waals surface area contributed by atoms with Crippen molar-refractivity contribution in [1.29, 1.82) is 0 Å². The third-order valence-electron chi connectivity index (χ3n) is 4.71. The quantitative estimate of drug-likeness (QED) is 0.841. The number of rotatable bonds is 2. The summed E-state index contributed by atoms with van der Waals surface area (Å²) in [6.07, 6.45) is 3.81. The molecule has 2 unspecified atom stereocenters. The smallest absolute Gasteiger partial charge is 0.207 e. The molecule has 0 saturated carbocycles. The number of allylic oxidation sites excluding steroid dienone is 2. The predicted molar refractivity (Wildman–Crippen MR) is 98.8 cm³/mol. The van der Waals surface area contributed by atoms with Gasteiger partial charge in [-0.15, -0.1) is 0 Å². The lowest BCUT2D eigenvalue weighted by atomic mass is 9.95. The van der Waals surface area contributed by atoms with E-state index in [0.29, 0.717) is 15.1 Å². The molecule has 1 aromatic carbocycles. The summed E-state index contributed by atoms with van der Waals surface area (Å²) in [6, 6.07) is 3.63. The van der Waals surface area contributed by atoms with Gasteiger partial charge in [-0.2, -0.15) is 0 Å². The Morgan fingerprint density at radius 2 is 2.04 bits per heavy atom. The normalized spacial score (nSPS) is 23.5. The zero-order valence-corrected chi connectivity index (χ0v) is 15.3. The van der Waals surface area contributed by atoms with Crippen molar-refractivity contribution in [3.05, 3.63) is 44.9 Å². The maximum Gasteiger partial charge on any atom is 0.207 e. The zero-order valence-electron chi connectivity index (χ0n) is 13.0. The Morgan fingerprint density at radius 1 is 1.25 bits per heavy atom. The lowest BCUT2D eigenvalue weighted by molar-refractivity contribution is 0.283. The minimum absolute atomic E-state index is 0.00332. The fourth-order valence-electron chi connectivity index (χ4n) is 3.69. The van der Waals surface area contributed by atoms with E-state index in [1.54, 1.807) is 12.1 Å². The average molecular weight is 385 g/mol. The Morgan fingerprint density at radius 3 is 2.75 bits per heavy atom. The summed E-state index contributed by atoms with van der Waals surface area (Å²) >= 11 is 18.9. The summed E-state index contributed by atoms with van der Waals surface area (Å²) in [5.41, 5.74) is 2.45. The number of fused-ring (bicyclic) bond motifs is 3. The van der Waals surface area contributed by atoms with E-state index in [4.69, 9.17) is 39.8 Å². The van der Waals surface area contributed by atoms with Crippen LogP contribution in [0.2, 0.25) is 5.02 Å². The first kappa shape index (κ1) is 16.3. The highest BCUT2D eigenvalue weighted by Gasteiger charge is 2.36. The number of nitrogens with zero attached hydrogens (tertiary/aromatic N) is 3. The number of hydrogen-bond acceptors (Lipinski definition) is 3. The van der Waals surface area contributed by atoms with Crippen molar-refractivity contribution >= 4 is 51.8 Å². The van der Waals surface area contributed by atoms with E-state index >= 15 is 0 Å². The largest absolute Gasteiger partial charge is 0.392 e. The van der Waals surface area contributed by atoms with Crippen molar-refractivity contribution in [1.82, 2.24) is 9.55 Å². The first-order valence-electron chi connectivity index (χ1n) is 7.80. The second kappa shape index (κ2) is 5.95. The number of benzene rings is 1. The summed E-state index contributed by atoms with van der Waals surface area (Å²) in [6.45, 7) is 3.64. The number of halogens is 3. The van der Waals surface area contributed by atoms with Gasteiger partial charge in [0.1, 0.15) is 5.52 Å². The molecule has 1 aliphatic carbocycles. The van der Waals surface area contributed by atoms with Gasteiger partial charge in [-0.05, 0) is 12.1 Å². The van der Waals surface area contributed by atoms with Gasteiger partial charge in [0.2, 0.25) is 5.95 Å². The van der Waals surface area contributed by atoms with Crippen LogP contribution in [-0.2, 0) is 13.2 Å². The van der Waals surface area contributed by atoms with Crippen LogP contribution in [0.15, 0.2) is 34.3 Å². The fourth-order valence-corrected chi connectivity index (χ4v) is 4.69. The van der Waals surface area contributed by atoms with Gasteiger partial charge in [0.25, 0.3) is 0 Å². The van der Waals surface area contributed by atoms with E-state index in [9.17, 15) is 5.11 Å². The summed E-state index contributed by atoms with van der Waals surface area (Å²) in [4.78, 5) is 6.95. The molecule has 1 N–H and O–H groups in total. The van der Waals surface area contributed by atoms with Gasteiger partial charge in [0, 0.05) is 34.6 Å². The number of aromatic nitrogens is 2. The summed E-state index contributed by atoms with van der Waals surface area (Å²) in [5, 5.41) is 11.6. The van der Waals surface area contributed by atoms with Crippen LogP contribution in [0.25, 0.3) is 11.0 Å². The number of hydrogen-bond donors (Lipinski definition) is 1. The fraction of sp³-hybridized carbons (Fsp3) is 0.353. The Labute approximate surface area is 154 Å². The van der Waals surface area contributed by atoms with Crippen molar-refractivity contribution in [3.63, 3.8) is 0 Å². The molecule has 1 aliphatic heterocycles. The van der Waals surface area contributed by atoms with Gasteiger partial charge in [0.15, 0.2) is 0 Å². The standard InChI is InChI=1S/C17H16Cl3N3O/c1-9-6-11(18)7-13(20)15(9)22-4-5-23-16-10(8-24)2-3-12(19)14(16)21-17(22)23/h2-3,6-7,9,15,24H,4-5,8H2,1H3. The van der Waals surface area contributed by atoms with Gasteiger partial charge >= 0.3 is 0 Å². The molecule has 2 aromatic rings. The second-order valence-electron chi connectivity index (χ2n) is 6.20. The van der Waals surface area contributed by atoms with Crippen LogP contribution in [0.1, 0.15) is 12.5 Å². The highest BCUT2D eigenvalue weighted by molar-refractivity contribution is 6.36. The van der Waals surface area contributed by atoms with Gasteiger partial charge < -0.3 is 14.6 Å². The molecule has 4 rings (SSSR count). The van der Waals surface area contributed by atoms with Crippen LogP contribution >= 0.6 is 34.8 Å². The van der Waals surface area contributed by atoms with Gasteiger partial charge in [0.05, 0.1) is 23.2 Å². The molecule has 1 aromatic heterocycles. The Hall–Kier alpha value is -1.20. The molecule has 7 heteroatoms. The van der Waals surface area contributed by atoms with Crippen LogP contribution in [0.4, 0.5) is 5.95 Å². The monoisotopic (exact) mass is 383 g/mol. The maximum absolute atomic E-state index is 9.65. The summed E-state index contributed by atoms with van der Waals surface area (Å²) < 4.78 is 2.11. The number of aliphatic hydroxyl groups is 1. The molecule has 0 radical (unpaired) electrons. The Kier molecular flexibility index (Phi) is 4.04. The van der Waals surface area contributed by atoms with E-state index in [2.05, 4.69) is 16.4 Å². The average Bonchev–Trinajstić information content (AvgIpc) is 3.08. The molecule has 0 saturated heterocycles. The first-order valence-corrected chi connectivity index (χ1v) is 8.94. The van der Waals surface area contributed by atoms with E-state index in [1.807, 2.05) is 12.1 Å². The molecule has 0 amide bonds. The third-order valence-corrected chi connectivity index (χ3v) is 5.59. The van der Waals surface area contributed by atoms with Gasteiger partial charge in [-0.25, -0.2) is 4.98 Å². The minimum Gasteiger partial charge on any atom is -0.392 e. The van der Waals surface area contributed by atoms with Crippen LogP contribution in [0, 0.1) is 5.92 Å². The van der Waals surface area contributed by atoms with Crippen molar-refractivity contribution < 1.29 is 5.11 Å². The summed E-state index contributed by atoms with van der Waals surface area (Å²) in [7, 11) is 0. The predicted octanol–water partition coefficient (Wildman–Crippen LogP) is 4.27. The van der Waals surface area contributed by atoms with Crippen molar-refractivity contribution in [2.45, 2.75) is 26.1 Å². The lowest BCUT2D eigenvalue weighted by Crippen LogP contribution is -2.40. The number of anilines is 1. The molecular weight excluding hydrogens is 369 g/mol. The van der Waals surface area contributed by atoms with Crippen molar-refractivity contribution in [2.24, 2.45) is 5.92 Å². The highest BCUT2D eigenvalue weighted by atomic mass is 35.5. The molecule has 2 heterocycles. The molecule has 0 bridgehead atoms. The first-order chi connectivity index (χ1) is 11.5. The van der Waals surface area contributed by atoms with Gasteiger partial charge in [-0.1, -0.05) is 53.9 Å². The number of aliphatic hydroxyl groups excluding tert-OH is 1. The topological polar surface area (TPSA) is 41.3 Å².